The maximum absolute atomic E-state index is 13.2. The van der Waals surface area contributed by atoms with E-state index in [4.69, 9.17) is 0 Å². The molecule has 4 heteroatoms. The van der Waals surface area contributed by atoms with Crippen molar-refractivity contribution in [3.8, 4) is 11.1 Å². The van der Waals surface area contributed by atoms with Gasteiger partial charge in [0.15, 0.2) is 0 Å². The van der Waals surface area contributed by atoms with Gasteiger partial charge in [-0.25, -0.2) is 9.18 Å². The lowest BCUT2D eigenvalue weighted by molar-refractivity contribution is 0.230. The van der Waals surface area contributed by atoms with E-state index in [1.54, 1.807) is 26.2 Å². The van der Waals surface area contributed by atoms with E-state index in [-0.39, 0.29) is 11.8 Å². The fourth-order valence-electron chi connectivity index (χ4n) is 2.49. The number of nitrogens with one attached hydrogen (secondary N) is 1. The van der Waals surface area contributed by atoms with Gasteiger partial charge in [-0.3, -0.25) is 0 Å². The van der Waals surface area contributed by atoms with Gasteiger partial charge >= 0.3 is 6.03 Å². The van der Waals surface area contributed by atoms with Gasteiger partial charge in [0.2, 0.25) is 0 Å². The molecule has 0 saturated carbocycles. The third-order valence-electron chi connectivity index (χ3n) is 3.67. The van der Waals surface area contributed by atoms with Crippen molar-refractivity contribution in [1.29, 1.82) is 0 Å². The minimum absolute atomic E-state index is 0.190. The van der Waals surface area contributed by atoms with Crippen LogP contribution in [0.3, 0.4) is 0 Å². The number of urea groups is 1. The zero-order valence-electron chi connectivity index (χ0n) is 13.0. The molecule has 0 heterocycles. The SMILES string of the molecule is CN(C)C(=O)Nc1cc(-c2ccc(F)cc2)c2ccccc2c1. The Hall–Kier alpha value is -2.88. The highest BCUT2D eigenvalue weighted by molar-refractivity contribution is 6.01. The molecule has 0 aliphatic rings. The Morgan fingerprint density at radius 3 is 2.39 bits per heavy atom. The van der Waals surface area contributed by atoms with Crippen molar-refractivity contribution < 1.29 is 9.18 Å². The number of fused-ring (bicyclic) bond motifs is 1. The molecule has 0 bridgehead atoms. The van der Waals surface area contributed by atoms with Crippen molar-refractivity contribution in [3.05, 3.63) is 66.5 Å². The average molecular weight is 308 g/mol. The van der Waals surface area contributed by atoms with E-state index in [2.05, 4.69) is 5.32 Å². The van der Waals surface area contributed by atoms with E-state index in [1.807, 2.05) is 36.4 Å². The number of anilines is 1. The Morgan fingerprint density at radius 1 is 1.00 bits per heavy atom. The van der Waals surface area contributed by atoms with Crippen molar-refractivity contribution in [3.63, 3.8) is 0 Å². The summed E-state index contributed by atoms with van der Waals surface area (Å²) in [5.41, 5.74) is 2.57. The number of carbonyl (C=O) groups excluding carboxylic acids is 1. The first kappa shape index (κ1) is 15.0. The van der Waals surface area contributed by atoms with Gasteiger partial charge in [0.25, 0.3) is 0 Å². The zero-order valence-corrected chi connectivity index (χ0v) is 13.0. The fraction of sp³-hybridized carbons (Fsp3) is 0.105. The molecule has 116 valence electrons. The molecule has 3 aromatic rings. The van der Waals surface area contributed by atoms with Gasteiger partial charge in [-0.15, -0.1) is 0 Å². The molecular formula is C19H17FN2O. The average Bonchev–Trinajstić information content (AvgIpc) is 2.55. The summed E-state index contributed by atoms with van der Waals surface area (Å²) in [7, 11) is 3.38. The van der Waals surface area contributed by atoms with E-state index in [0.29, 0.717) is 5.69 Å². The van der Waals surface area contributed by atoms with E-state index in [1.165, 1.54) is 17.0 Å². The predicted octanol–water partition coefficient (Wildman–Crippen LogP) is 4.74. The first-order valence-electron chi connectivity index (χ1n) is 7.31. The third kappa shape index (κ3) is 3.16. The lowest BCUT2D eigenvalue weighted by Crippen LogP contribution is -2.27. The Kier molecular flexibility index (Phi) is 3.98. The molecule has 3 aromatic carbocycles. The van der Waals surface area contributed by atoms with E-state index in [0.717, 1.165) is 21.9 Å². The molecule has 0 radical (unpaired) electrons. The van der Waals surface area contributed by atoms with Crippen LogP contribution in [0.5, 0.6) is 0 Å². The summed E-state index contributed by atoms with van der Waals surface area (Å²) < 4.78 is 13.2. The van der Waals surface area contributed by atoms with Crippen molar-refractivity contribution in [1.82, 2.24) is 4.90 Å². The summed E-state index contributed by atoms with van der Waals surface area (Å²) in [5, 5.41) is 4.94. The Labute approximate surface area is 134 Å². The van der Waals surface area contributed by atoms with Crippen molar-refractivity contribution in [2.45, 2.75) is 0 Å². The highest BCUT2D eigenvalue weighted by Crippen LogP contribution is 2.32. The molecule has 1 N–H and O–H groups in total. The van der Waals surface area contributed by atoms with Crippen molar-refractivity contribution in [2.24, 2.45) is 0 Å². The molecule has 2 amide bonds. The summed E-state index contributed by atoms with van der Waals surface area (Å²) in [6.07, 6.45) is 0. The van der Waals surface area contributed by atoms with Gasteiger partial charge in [-0.2, -0.15) is 0 Å². The quantitative estimate of drug-likeness (QED) is 0.728. The number of carbonyl (C=O) groups is 1. The number of amides is 2. The highest BCUT2D eigenvalue weighted by atomic mass is 19.1. The van der Waals surface area contributed by atoms with Crippen LogP contribution < -0.4 is 5.32 Å². The summed E-state index contributed by atoms with van der Waals surface area (Å²) in [4.78, 5) is 13.4. The normalized spacial score (nSPS) is 10.6. The van der Waals surface area contributed by atoms with Crippen molar-refractivity contribution >= 4 is 22.5 Å². The fourth-order valence-corrected chi connectivity index (χ4v) is 2.49. The second-order valence-corrected chi connectivity index (χ2v) is 5.58. The number of hydrogen-bond donors (Lipinski definition) is 1. The van der Waals surface area contributed by atoms with Crippen LogP contribution in [0.15, 0.2) is 60.7 Å². The Morgan fingerprint density at radius 2 is 1.70 bits per heavy atom. The second-order valence-electron chi connectivity index (χ2n) is 5.58. The van der Waals surface area contributed by atoms with Crippen molar-refractivity contribution in [2.75, 3.05) is 19.4 Å². The predicted molar refractivity (Wildman–Crippen MR) is 92.0 cm³/mol. The van der Waals surface area contributed by atoms with E-state index >= 15 is 0 Å². The summed E-state index contributed by atoms with van der Waals surface area (Å²) in [5.74, 6) is -0.268. The molecule has 3 nitrogen and oxygen atoms in total. The van der Waals surface area contributed by atoms with Gasteiger partial charge in [0.05, 0.1) is 0 Å². The van der Waals surface area contributed by atoms with E-state index in [9.17, 15) is 9.18 Å². The zero-order chi connectivity index (χ0) is 16.4. The topological polar surface area (TPSA) is 32.3 Å². The molecule has 0 aliphatic carbocycles. The largest absolute Gasteiger partial charge is 0.331 e. The molecule has 0 aliphatic heterocycles. The number of benzene rings is 3. The van der Waals surface area contributed by atoms with Crippen LogP contribution in [-0.4, -0.2) is 25.0 Å². The molecule has 23 heavy (non-hydrogen) atoms. The summed E-state index contributed by atoms with van der Waals surface area (Å²) in [6, 6.07) is 18.0. The first-order chi connectivity index (χ1) is 11.0. The van der Waals surface area contributed by atoms with Crippen LogP contribution in [0.1, 0.15) is 0 Å². The molecule has 0 saturated heterocycles. The van der Waals surface area contributed by atoms with Gasteiger partial charge in [0, 0.05) is 19.8 Å². The maximum Gasteiger partial charge on any atom is 0.321 e. The Bertz CT molecular complexity index is 857. The smallest absolute Gasteiger partial charge is 0.321 e. The summed E-state index contributed by atoms with van der Waals surface area (Å²) in [6.45, 7) is 0. The molecule has 0 aromatic heterocycles. The number of rotatable bonds is 2. The molecule has 0 unspecified atom stereocenters. The minimum Gasteiger partial charge on any atom is -0.331 e. The lowest BCUT2D eigenvalue weighted by atomic mass is 9.97. The molecule has 0 atom stereocenters. The van der Waals surface area contributed by atoms with Crippen LogP contribution >= 0.6 is 0 Å². The van der Waals surface area contributed by atoms with Crippen LogP contribution in [0.25, 0.3) is 21.9 Å². The number of hydrogen-bond acceptors (Lipinski definition) is 1. The molecular weight excluding hydrogens is 291 g/mol. The van der Waals surface area contributed by atoms with Crippen LogP contribution in [0.2, 0.25) is 0 Å². The highest BCUT2D eigenvalue weighted by Gasteiger charge is 2.09. The van der Waals surface area contributed by atoms with Gasteiger partial charge in [-0.05, 0) is 46.2 Å². The third-order valence-corrected chi connectivity index (χ3v) is 3.67. The summed E-state index contributed by atoms with van der Waals surface area (Å²) >= 11 is 0. The van der Waals surface area contributed by atoms with Crippen LogP contribution in [0.4, 0.5) is 14.9 Å². The number of nitrogens with zero attached hydrogens (tertiary/aromatic N) is 1. The minimum atomic E-state index is -0.268. The molecule has 3 rings (SSSR count). The van der Waals surface area contributed by atoms with Gasteiger partial charge < -0.3 is 10.2 Å². The van der Waals surface area contributed by atoms with Crippen LogP contribution in [-0.2, 0) is 0 Å². The van der Waals surface area contributed by atoms with E-state index < -0.39 is 0 Å². The molecule has 0 fully saturated rings. The standard InChI is InChI=1S/C19H17FN2O/c1-22(2)19(23)21-16-11-14-5-3-4-6-17(14)18(12-16)13-7-9-15(20)10-8-13/h3-12H,1-2H3,(H,21,23). The first-order valence-corrected chi connectivity index (χ1v) is 7.31. The van der Waals surface area contributed by atoms with Gasteiger partial charge in [-0.1, -0.05) is 36.4 Å². The second kappa shape index (κ2) is 6.08. The molecule has 0 spiro atoms. The maximum atomic E-state index is 13.2. The lowest BCUT2D eigenvalue weighted by Gasteiger charge is -2.15. The van der Waals surface area contributed by atoms with Crippen LogP contribution in [0, 0.1) is 5.82 Å². The number of halogens is 1. The van der Waals surface area contributed by atoms with Gasteiger partial charge in [0.1, 0.15) is 5.82 Å². The Balaban J connectivity index is 2.14. The monoisotopic (exact) mass is 308 g/mol.